The van der Waals surface area contributed by atoms with Gasteiger partial charge in [-0.05, 0) is 67.1 Å². The van der Waals surface area contributed by atoms with Crippen LogP contribution in [-0.4, -0.2) is 0 Å². The van der Waals surface area contributed by atoms with Crippen LogP contribution in [0.2, 0.25) is 0 Å². The fourth-order valence-corrected chi connectivity index (χ4v) is 3.30. The molecule has 0 aliphatic heterocycles. The molecule has 0 atom stereocenters. The highest BCUT2D eigenvalue weighted by atomic mass is 15.2. The Morgan fingerprint density at radius 3 is 1.96 bits per heavy atom. The molecule has 4 aromatic carbocycles. The van der Waals surface area contributed by atoms with Crippen molar-refractivity contribution >= 4 is 34.1 Å². The molecule has 0 aliphatic rings. The third-order valence-electron chi connectivity index (χ3n) is 4.71. The van der Waals surface area contributed by atoms with Crippen LogP contribution in [0.4, 0.5) is 34.1 Å². The van der Waals surface area contributed by atoms with Crippen molar-refractivity contribution in [3.05, 3.63) is 109 Å². The Balaban J connectivity index is 1.86. The smallest absolute Gasteiger partial charge is 0.0696 e. The average Bonchev–Trinajstić information content (AvgIpc) is 2.73. The van der Waals surface area contributed by atoms with E-state index in [0.717, 1.165) is 34.1 Å². The van der Waals surface area contributed by atoms with E-state index in [1.165, 1.54) is 5.56 Å². The van der Waals surface area contributed by atoms with Gasteiger partial charge in [-0.2, -0.15) is 0 Å². The summed E-state index contributed by atoms with van der Waals surface area (Å²) in [5.74, 6) is 0. The van der Waals surface area contributed by atoms with Gasteiger partial charge in [0, 0.05) is 22.7 Å². The first-order chi connectivity index (χ1) is 13.7. The number of rotatable bonds is 5. The van der Waals surface area contributed by atoms with Crippen LogP contribution in [0.5, 0.6) is 0 Å². The van der Waals surface area contributed by atoms with Gasteiger partial charge in [-0.3, -0.25) is 0 Å². The van der Waals surface area contributed by atoms with Crippen molar-refractivity contribution in [2.75, 3.05) is 16.0 Å². The van der Waals surface area contributed by atoms with Crippen molar-refractivity contribution in [3.63, 3.8) is 0 Å². The number of hydrogen-bond donors (Lipinski definition) is 2. The largest absolute Gasteiger partial charge is 0.399 e. The van der Waals surface area contributed by atoms with Gasteiger partial charge < -0.3 is 16.0 Å². The van der Waals surface area contributed by atoms with Gasteiger partial charge in [-0.15, -0.1) is 0 Å². The molecule has 0 bridgehead atoms. The summed E-state index contributed by atoms with van der Waals surface area (Å²) in [5, 5.41) is 3.56. The molecule has 0 saturated carbocycles. The minimum Gasteiger partial charge on any atom is -0.399 e. The molecule has 0 spiro atoms. The molecular weight excluding hydrogens is 342 g/mol. The first-order valence-electron chi connectivity index (χ1n) is 9.35. The molecule has 3 N–H and O–H groups in total. The normalized spacial score (nSPS) is 10.5. The summed E-state index contributed by atoms with van der Waals surface area (Å²) in [5.41, 5.74) is 13.2. The Bertz CT molecular complexity index is 1060. The van der Waals surface area contributed by atoms with Crippen molar-refractivity contribution in [1.82, 2.24) is 0 Å². The van der Waals surface area contributed by atoms with Crippen LogP contribution in [0.1, 0.15) is 5.56 Å². The van der Waals surface area contributed by atoms with E-state index in [4.69, 9.17) is 5.73 Å². The molecule has 0 aromatic heterocycles. The molecule has 0 saturated heterocycles. The van der Waals surface area contributed by atoms with Gasteiger partial charge in [0.15, 0.2) is 0 Å². The quantitative estimate of drug-likeness (QED) is 0.383. The number of nitrogens with two attached hydrogens (primary N) is 1. The molecule has 138 valence electrons. The molecule has 0 unspecified atom stereocenters. The fourth-order valence-electron chi connectivity index (χ4n) is 3.30. The van der Waals surface area contributed by atoms with Crippen molar-refractivity contribution in [2.45, 2.75) is 6.92 Å². The molecular formula is C25H23N3. The summed E-state index contributed by atoms with van der Waals surface area (Å²) in [7, 11) is 0. The van der Waals surface area contributed by atoms with Crippen molar-refractivity contribution in [1.29, 1.82) is 0 Å². The summed E-state index contributed by atoms with van der Waals surface area (Å²) in [6, 6.07) is 35.0. The molecule has 0 fully saturated rings. The first-order valence-corrected chi connectivity index (χ1v) is 9.35. The van der Waals surface area contributed by atoms with Crippen LogP contribution in [-0.2, 0) is 0 Å². The van der Waals surface area contributed by atoms with E-state index < -0.39 is 0 Å². The summed E-state index contributed by atoms with van der Waals surface area (Å²) in [6.45, 7) is 2.13. The van der Waals surface area contributed by atoms with Crippen molar-refractivity contribution in [2.24, 2.45) is 0 Å². The van der Waals surface area contributed by atoms with E-state index in [0.29, 0.717) is 0 Å². The summed E-state index contributed by atoms with van der Waals surface area (Å²) in [4.78, 5) is 2.26. The number of nitrogens with zero attached hydrogens (tertiary/aromatic N) is 1. The summed E-state index contributed by atoms with van der Waals surface area (Å²) in [6.07, 6.45) is 0. The van der Waals surface area contributed by atoms with Crippen LogP contribution < -0.4 is 16.0 Å². The number of para-hydroxylation sites is 4. The SMILES string of the molecule is Cc1ccccc1N(c1ccc(N)cc1)c1ccccc1Nc1ccccc1. The van der Waals surface area contributed by atoms with Gasteiger partial charge >= 0.3 is 0 Å². The second kappa shape index (κ2) is 7.89. The molecule has 4 aromatic rings. The van der Waals surface area contributed by atoms with Crippen LogP contribution in [0.25, 0.3) is 0 Å². The Labute approximate surface area is 166 Å². The van der Waals surface area contributed by atoms with E-state index >= 15 is 0 Å². The van der Waals surface area contributed by atoms with Gasteiger partial charge in [0.2, 0.25) is 0 Å². The number of nitrogens with one attached hydrogen (secondary N) is 1. The molecule has 28 heavy (non-hydrogen) atoms. The predicted octanol–water partition coefficient (Wildman–Crippen LogP) is 6.79. The Hall–Kier alpha value is -3.72. The zero-order valence-corrected chi connectivity index (χ0v) is 15.8. The predicted molar refractivity (Wildman–Crippen MR) is 120 cm³/mol. The lowest BCUT2D eigenvalue weighted by atomic mass is 10.1. The number of hydrogen-bond acceptors (Lipinski definition) is 3. The lowest BCUT2D eigenvalue weighted by Crippen LogP contribution is -2.13. The van der Waals surface area contributed by atoms with Crippen LogP contribution in [0.3, 0.4) is 0 Å². The van der Waals surface area contributed by atoms with Crippen LogP contribution >= 0.6 is 0 Å². The Morgan fingerprint density at radius 1 is 0.643 bits per heavy atom. The van der Waals surface area contributed by atoms with E-state index in [1.54, 1.807) is 0 Å². The highest BCUT2D eigenvalue weighted by Gasteiger charge is 2.17. The standard InChI is InChI=1S/C25H23N3/c1-19-9-5-7-13-24(19)28(22-17-15-20(26)16-18-22)25-14-8-6-12-23(25)27-21-10-3-2-4-11-21/h2-18,27H,26H2,1H3. The second-order valence-corrected chi connectivity index (χ2v) is 6.72. The second-order valence-electron chi connectivity index (χ2n) is 6.72. The number of aryl methyl sites for hydroxylation is 1. The van der Waals surface area contributed by atoms with E-state index in [-0.39, 0.29) is 0 Å². The number of anilines is 6. The molecule has 0 aliphatic carbocycles. The minimum atomic E-state index is 0.754. The molecule has 3 nitrogen and oxygen atoms in total. The van der Waals surface area contributed by atoms with Gasteiger partial charge in [0.05, 0.1) is 11.4 Å². The zero-order chi connectivity index (χ0) is 19.3. The Kier molecular flexibility index (Phi) is 4.98. The zero-order valence-electron chi connectivity index (χ0n) is 15.8. The maximum Gasteiger partial charge on any atom is 0.0696 e. The van der Waals surface area contributed by atoms with E-state index in [1.807, 2.05) is 36.4 Å². The van der Waals surface area contributed by atoms with Crippen LogP contribution in [0.15, 0.2) is 103 Å². The van der Waals surface area contributed by atoms with Gasteiger partial charge in [-0.1, -0.05) is 48.5 Å². The molecule has 3 heteroatoms. The fraction of sp³-hybridized carbons (Fsp3) is 0.0400. The highest BCUT2D eigenvalue weighted by Crippen LogP contribution is 2.41. The first kappa shape index (κ1) is 17.7. The lowest BCUT2D eigenvalue weighted by Gasteiger charge is -2.29. The average molecular weight is 365 g/mol. The molecule has 0 amide bonds. The number of nitrogen functional groups attached to an aromatic ring is 1. The third kappa shape index (κ3) is 3.69. The van der Waals surface area contributed by atoms with Crippen LogP contribution in [0, 0.1) is 6.92 Å². The lowest BCUT2D eigenvalue weighted by molar-refractivity contribution is 1.25. The monoisotopic (exact) mass is 365 g/mol. The molecule has 0 radical (unpaired) electrons. The van der Waals surface area contributed by atoms with Gasteiger partial charge in [0.1, 0.15) is 0 Å². The third-order valence-corrected chi connectivity index (χ3v) is 4.71. The summed E-state index contributed by atoms with van der Waals surface area (Å²) < 4.78 is 0. The van der Waals surface area contributed by atoms with E-state index in [2.05, 4.69) is 83.9 Å². The minimum absolute atomic E-state index is 0.754. The number of benzene rings is 4. The van der Waals surface area contributed by atoms with E-state index in [9.17, 15) is 0 Å². The van der Waals surface area contributed by atoms with Crippen molar-refractivity contribution in [3.8, 4) is 0 Å². The molecule has 0 heterocycles. The van der Waals surface area contributed by atoms with Crippen molar-refractivity contribution < 1.29 is 0 Å². The van der Waals surface area contributed by atoms with Gasteiger partial charge in [0.25, 0.3) is 0 Å². The maximum absolute atomic E-state index is 5.94. The summed E-state index contributed by atoms with van der Waals surface area (Å²) >= 11 is 0. The molecule has 4 rings (SSSR count). The van der Waals surface area contributed by atoms with Gasteiger partial charge in [-0.25, -0.2) is 0 Å². The maximum atomic E-state index is 5.94. The topological polar surface area (TPSA) is 41.3 Å². The highest BCUT2D eigenvalue weighted by molar-refractivity contribution is 5.87. The Morgan fingerprint density at radius 2 is 1.25 bits per heavy atom.